The molecule has 6 nitrogen and oxygen atoms in total. The van der Waals surface area contributed by atoms with Gasteiger partial charge in [-0.3, -0.25) is 10.1 Å². The first-order valence-electron chi connectivity index (χ1n) is 5.34. The van der Waals surface area contributed by atoms with Crippen LogP contribution in [0.5, 0.6) is 0 Å². The highest BCUT2D eigenvalue weighted by Gasteiger charge is 2.20. The van der Waals surface area contributed by atoms with Crippen molar-refractivity contribution in [1.29, 1.82) is 0 Å². The van der Waals surface area contributed by atoms with Gasteiger partial charge in [0.05, 0.1) is 4.92 Å². The third-order valence-electron chi connectivity index (χ3n) is 2.27. The van der Waals surface area contributed by atoms with E-state index in [9.17, 15) is 18.5 Å². The van der Waals surface area contributed by atoms with Gasteiger partial charge in [0.15, 0.2) is 0 Å². The number of hydrogen-bond donors (Lipinski definition) is 0. The Hall–Kier alpha value is -1.12. The summed E-state index contributed by atoms with van der Waals surface area (Å²) in [6.45, 7) is 4.33. The van der Waals surface area contributed by atoms with Crippen molar-refractivity contribution in [2.45, 2.75) is 18.7 Å². The number of hydrogen-bond acceptors (Lipinski definition) is 5. The van der Waals surface area contributed by atoms with Crippen LogP contribution in [0.15, 0.2) is 29.2 Å². The number of nitrogens with zero attached hydrogens (tertiary/aromatic N) is 2. The van der Waals surface area contributed by atoms with Gasteiger partial charge in [0, 0.05) is 40.9 Å². The third-order valence-corrected chi connectivity index (χ3v) is 5.94. The minimum absolute atomic E-state index is 0.0559. The summed E-state index contributed by atoms with van der Waals surface area (Å²) in [5.74, 6) is 0. The SMILES string of the molecule is CCN(CC)S(=O)(=O)Sc1ccc([N+](=O)[O-])cc1. The zero-order valence-electron chi connectivity index (χ0n) is 10.1. The van der Waals surface area contributed by atoms with Gasteiger partial charge in [-0.15, -0.1) is 0 Å². The second-order valence-corrected chi connectivity index (χ2v) is 7.15. The van der Waals surface area contributed by atoms with Gasteiger partial charge in [0.25, 0.3) is 14.7 Å². The molecule has 0 N–H and O–H groups in total. The van der Waals surface area contributed by atoms with Crippen LogP contribution in [0.1, 0.15) is 13.8 Å². The quantitative estimate of drug-likeness (QED) is 0.456. The summed E-state index contributed by atoms with van der Waals surface area (Å²) in [5.41, 5.74) is -0.0559. The molecule has 0 radical (unpaired) electrons. The molecule has 0 aromatic heterocycles. The van der Waals surface area contributed by atoms with Crippen LogP contribution in [0.4, 0.5) is 5.69 Å². The van der Waals surface area contributed by atoms with Crippen molar-refractivity contribution in [1.82, 2.24) is 4.31 Å². The standard InChI is InChI=1S/C10H14N2O4S2/c1-3-11(4-2)18(15,16)17-10-7-5-9(6-8-10)12(13)14/h5-8H,3-4H2,1-2H3. The second-order valence-electron chi connectivity index (χ2n) is 3.38. The first-order chi connectivity index (χ1) is 8.40. The van der Waals surface area contributed by atoms with Crippen LogP contribution in [0.3, 0.4) is 0 Å². The average molecular weight is 290 g/mol. The van der Waals surface area contributed by atoms with Crippen LogP contribution in [-0.2, 0) is 9.06 Å². The smallest absolute Gasteiger partial charge is 0.258 e. The van der Waals surface area contributed by atoms with Crippen LogP contribution in [0.2, 0.25) is 0 Å². The van der Waals surface area contributed by atoms with E-state index in [2.05, 4.69) is 0 Å². The summed E-state index contributed by atoms with van der Waals surface area (Å²) < 4.78 is 25.2. The topological polar surface area (TPSA) is 80.5 Å². The van der Waals surface area contributed by atoms with Crippen molar-refractivity contribution in [3.8, 4) is 0 Å². The zero-order valence-corrected chi connectivity index (χ0v) is 11.7. The van der Waals surface area contributed by atoms with Crippen molar-refractivity contribution in [2.75, 3.05) is 13.1 Å². The number of non-ortho nitro benzene ring substituents is 1. The largest absolute Gasteiger partial charge is 0.271 e. The fourth-order valence-electron chi connectivity index (χ4n) is 1.34. The summed E-state index contributed by atoms with van der Waals surface area (Å²) in [7, 11) is -2.73. The maximum absolute atomic E-state index is 11.9. The summed E-state index contributed by atoms with van der Waals surface area (Å²) in [4.78, 5) is 10.4. The van der Waals surface area contributed by atoms with E-state index in [1.807, 2.05) is 0 Å². The van der Waals surface area contributed by atoms with E-state index in [1.165, 1.54) is 28.6 Å². The van der Waals surface area contributed by atoms with Gasteiger partial charge in [-0.2, -0.15) is 4.31 Å². The molecule has 0 aliphatic carbocycles. The molecule has 1 rings (SSSR count). The molecule has 0 fully saturated rings. The van der Waals surface area contributed by atoms with E-state index in [1.54, 1.807) is 13.8 Å². The van der Waals surface area contributed by atoms with Gasteiger partial charge in [-0.05, 0) is 12.1 Å². The summed E-state index contributed by atoms with van der Waals surface area (Å²) in [6, 6.07) is 5.45. The van der Waals surface area contributed by atoms with Crippen molar-refractivity contribution >= 4 is 25.5 Å². The molecular weight excluding hydrogens is 276 g/mol. The molecular formula is C10H14N2O4S2. The number of nitro benzene ring substituents is 1. The maximum Gasteiger partial charge on any atom is 0.271 e. The second kappa shape index (κ2) is 6.17. The van der Waals surface area contributed by atoms with E-state index in [0.29, 0.717) is 28.8 Å². The highest BCUT2D eigenvalue weighted by Crippen LogP contribution is 2.28. The summed E-state index contributed by atoms with van der Waals surface area (Å²) >= 11 is 0. The molecule has 100 valence electrons. The number of nitro groups is 1. The Balaban J connectivity index is 2.88. The minimum Gasteiger partial charge on any atom is -0.258 e. The molecule has 0 aliphatic rings. The first kappa shape index (κ1) is 14.9. The minimum atomic E-state index is -3.43. The zero-order chi connectivity index (χ0) is 13.8. The lowest BCUT2D eigenvalue weighted by atomic mass is 10.3. The molecule has 0 heterocycles. The normalized spacial score (nSPS) is 11.7. The van der Waals surface area contributed by atoms with Crippen molar-refractivity contribution in [3.63, 3.8) is 0 Å². The van der Waals surface area contributed by atoms with Crippen LogP contribution in [0, 0.1) is 10.1 Å². The predicted octanol–water partition coefficient (Wildman–Crippen LogP) is 2.27. The molecule has 0 spiro atoms. The van der Waals surface area contributed by atoms with E-state index in [0.717, 1.165) is 0 Å². The van der Waals surface area contributed by atoms with E-state index in [-0.39, 0.29) is 5.69 Å². The third kappa shape index (κ3) is 3.69. The Bertz CT molecular complexity index is 509. The Morgan fingerprint density at radius 3 is 2.11 bits per heavy atom. The van der Waals surface area contributed by atoms with E-state index in [4.69, 9.17) is 0 Å². The number of benzene rings is 1. The van der Waals surface area contributed by atoms with Crippen LogP contribution < -0.4 is 0 Å². The van der Waals surface area contributed by atoms with E-state index < -0.39 is 14.0 Å². The maximum atomic E-state index is 11.9. The summed E-state index contributed by atoms with van der Waals surface area (Å²) in [5, 5.41) is 10.5. The highest BCUT2D eigenvalue weighted by molar-refractivity contribution is 8.71. The van der Waals surface area contributed by atoms with Gasteiger partial charge in [0.2, 0.25) is 0 Å². The van der Waals surface area contributed by atoms with E-state index >= 15 is 0 Å². The number of rotatable bonds is 6. The lowest BCUT2D eigenvalue weighted by molar-refractivity contribution is -0.384. The molecule has 0 unspecified atom stereocenters. The Kier molecular flexibility index (Phi) is 5.12. The highest BCUT2D eigenvalue weighted by atomic mass is 33.1. The Morgan fingerprint density at radius 1 is 1.22 bits per heavy atom. The predicted molar refractivity (Wildman–Crippen MR) is 70.8 cm³/mol. The molecule has 18 heavy (non-hydrogen) atoms. The van der Waals surface area contributed by atoms with Gasteiger partial charge in [-0.25, -0.2) is 8.42 Å². The Labute approximate surface area is 110 Å². The van der Waals surface area contributed by atoms with Gasteiger partial charge < -0.3 is 0 Å². The van der Waals surface area contributed by atoms with Gasteiger partial charge >= 0.3 is 0 Å². The fourth-order valence-corrected chi connectivity index (χ4v) is 4.58. The molecule has 1 aromatic rings. The molecule has 1 aromatic carbocycles. The van der Waals surface area contributed by atoms with Gasteiger partial charge in [-0.1, -0.05) is 13.8 Å². The van der Waals surface area contributed by atoms with Crippen molar-refractivity contribution in [2.24, 2.45) is 0 Å². The van der Waals surface area contributed by atoms with Crippen molar-refractivity contribution in [3.05, 3.63) is 34.4 Å². The summed E-state index contributed by atoms with van der Waals surface area (Å²) in [6.07, 6.45) is 0. The molecule has 0 aliphatic heterocycles. The molecule has 0 atom stereocenters. The van der Waals surface area contributed by atoms with Crippen LogP contribution >= 0.6 is 10.8 Å². The molecule has 0 amide bonds. The van der Waals surface area contributed by atoms with Gasteiger partial charge in [0.1, 0.15) is 0 Å². The average Bonchev–Trinajstić information content (AvgIpc) is 2.30. The lowest BCUT2D eigenvalue weighted by Gasteiger charge is -2.17. The van der Waals surface area contributed by atoms with Crippen LogP contribution in [0.25, 0.3) is 0 Å². The molecule has 0 saturated carbocycles. The first-order valence-corrected chi connectivity index (χ1v) is 8.12. The fraction of sp³-hybridized carbons (Fsp3) is 0.400. The molecule has 0 bridgehead atoms. The monoisotopic (exact) mass is 290 g/mol. The Morgan fingerprint density at radius 2 is 1.72 bits per heavy atom. The van der Waals surface area contributed by atoms with Crippen molar-refractivity contribution < 1.29 is 13.3 Å². The molecule has 0 saturated heterocycles. The van der Waals surface area contributed by atoms with Crippen LogP contribution in [-0.4, -0.2) is 30.7 Å². The lowest BCUT2D eigenvalue weighted by Crippen LogP contribution is -2.27. The molecule has 8 heteroatoms.